The summed E-state index contributed by atoms with van der Waals surface area (Å²) in [6, 6.07) is 6.24. The van der Waals surface area contributed by atoms with E-state index in [9.17, 15) is 9.18 Å². The molecule has 0 bridgehead atoms. The van der Waals surface area contributed by atoms with E-state index in [0.717, 1.165) is 24.9 Å². The van der Waals surface area contributed by atoms with Gasteiger partial charge in [-0.1, -0.05) is 12.1 Å². The van der Waals surface area contributed by atoms with Gasteiger partial charge in [-0.05, 0) is 30.5 Å². The van der Waals surface area contributed by atoms with Crippen molar-refractivity contribution < 1.29 is 13.9 Å². The van der Waals surface area contributed by atoms with Crippen LogP contribution < -0.4 is 10.6 Å². The van der Waals surface area contributed by atoms with Crippen LogP contribution in [0.3, 0.4) is 0 Å². The average molecular weight is 280 g/mol. The molecule has 1 saturated carbocycles. The molecule has 0 unspecified atom stereocenters. The zero-order valence-electron chi connectivity index (χ0n) is 11.7. The van der Waals surface area contributed by atoms with Crippen LogP contribution in [-0.4, -0.2) is 39.3 Å². The summed E-state index contributed by atoms with van der Waals surface area (Å²) in [4.78, 5) is 12.2. The minimum atomic E-state index is -0.430. The van der Waals surface area contributed by atoms with Gasteiger partial charge in [-0.2, -0.15) is 0 Å². The Bertz CT molecular complexity index is 444. The molecule has 5 heteroatoms. The van der Waals surface area contributed by atoms with Gasteiger partial charge < -0.3 is 15.4 Å². The number of rotatable bonds is 8. The van der Waals surface area contributed by atoms with Crippen LogP contribution in [0.15, 0.2) is 24.3 Å². The Balaban J connectivity index is 1.78. The second-order valence-corrected chi connectivity index (χ2v) is 5.09. The predicted molar refractivity (Wildman–Crippen MR) is 75.1 cm³/mol. The predicted octanol–water partition coefficient (Wildman–Crippen LogP) is 1.21. The SMILES string of the molecule is COCCNCCNC(=O)C1(c2ccc(F)cc2)CC1. The van der Waals surface area contributed by atoms with Crippen molar-refractivity contribution in [2.75, 3.05) is 33.4 Å². The minimum Gasteiger partial charge on any atom is -0.383 e. The van der Waals surface area contributed by atoms with Crippen molar-refractivity contribution >= 4 is 5.91 Å². The molecule has 1 aromatic rings. The Morgan fingerprint density at radius 2 is 1.95 bits per heavy atom. The summed E-state index contributed by atoms with van der Waals surface area (Å²) >= 11 is 0. The van der Waals surface area contributed by atoms with Crippen molar-refractivity contribution in [3.63, 3.8) is 0 Å². The van der Waals surface area contributed by atoms with Crippen molar-refractivity contribution in [1.82, 2.24) is 10.6 Å². The molecule has 110 valence electrons. The topological polar surface area (TPSA) is 50.4 Å². The summed E-state index contributed by atoms with van der Waals surface area (Å²) in [6.07, 6.45) is 1.67. The summed E-state index contributed by atoms with van der Waals surface area (Å²) in [5, 5.41) is 6.11. The lowest BCUT2D eigenvalue weighted by Crippen LogP contribution is -2.39. The van der Waals surface area contributed by atoms with E-state index in [1.165, 1.54) is 12.1 Å². The van der Waals surface area contributed by atoms with Gasteiger partial charge >= 0.3 is 0 Å². The van der Waals surface area contributed by atoms with Gasteiger partial charge in [0.05, 0.1) is 12.0 Å². The highest BCUT2D eigenvalue weighted by molar-refractivity contribution is 5.91. The lowest BCUT2D eigenvalue weighted by molar-refractivity contribution is -0.123. The number of carbonyl (C=O) groups excluding carboxylic acids is 1. The Kier molecular flexibility index (Phi) is 5.09. The maximum absolute atomic E-state index is 12.9. The number of hydrogen-bond donors (Lipinski definition) is 2. The van der Waals surface area contributed by atoms with Gasteiger partial charge in [-0.3, -0.25) is 4.79 Å². The van der Waals surface area contributed by atoms with E-state index in [1.807, 2.05) is 0 Å². The van der Waals surface area contributed by atoms with Crippen LogP contribution in [-0.2, 0) is 14.9 Å². The molecular formula is C15H21FN2O2. The number of benzene rings is 1. The van der Waals surface area contributed by atoms with Crippen LogP contribution in [0.4, 0.5) is 4.39 Å². The van der Waals surface area contributed by atoms with E-state index >= 15 is 0 Å². The van der Waals surface area contributed by atoms with Crippen LogP contribution in [0.1, 0.15) is 18.4 Å². The van der Waals surface area contributed by atoms with Gasteiger partial charge in [0, 0.05) is 26.7 Å². The first-order chi connectivity index (χ1) is 9.69. The standard InChI is InChI=1S/C15H21FN2O2/c1-20-11-10-17-8-9-18-14(19)15(6-7-15)12-2-4-13(16)5-3-12/h2-5,17H,6-11H2,1H3,(H,18,19). The maximum atomic E-state index is 12.9. The van der Waals surface area contributed by atoms with Gasteiger partial charge in [0.2, 0.25) is 5.91 Å². The highest BCUT2D eigenvalue weighted by Crippen LogP contribution is 2.48. The second-order valence-electron chi connectivity index (χ2n) is 5.09. The number of carbonyl (C=O) groups is 1. The third-order valence-corrected chi connectivity index (χ3v) is 3.65. The van der Waals surface area contributed by atoms with Crippen molar-refractivity contribution in [2.45, 2.75) is 18.3 Å². The third-order valence-electron chi connectivity index (χ3n) is 3.65. The van der Waals surface area contributed by atoms with Crippen LogP contribution in [0.5, 0.6) is 0 Å². The van der Waals surface area contributed by atoms with Gasteiger partial charge in [-0.15, -0.1) is 0 Å². The quantitative estimate of drug-likeness (QED) is 0.704. The van der Waals surface area contributed by atoms with Crippen molar-refractivity contribution in [2.24, 2.45) is 0 Å². The average Bonchev–Trinajstić information content (AvgIpc) is 3.25. The van der Waals surface area contributed by atoms with E-state index in [-0.39, 0.29) is 11.7 Å². The van der Waals surface area contributed by atoms with E-state index in [0.29, 0.717) is 19.7 Å². The molecule has 20 heavy (non-hydrogen) atoms. The summed E-state index contributed by atoms with van der Waals surface area (Å²) in [5.74, 6) is -0.232. The first-order valence-electron chi connectivity index (χ1n) is 6.93. The van der Waals surface area contributed by atoms with E-state index in [1.54, 1.807) is 19.2 Å². The maximum Gasteiger partial charge on any atom is 0.230 e. The Morgan fingerprint density at radius 1 is 1.25 bits per heavy atom. The zero-order chi connectivity index (χ0) is 14.4. The first kappa shape index (κ1) is 14.9. The monoisotopic (exact) mass is 280 g/mol. The molecule has 0 radical (unpaired) electrons. The molecule has 1 aliphatic carbocycles. The fourth-order valence-corrected chi connectivity index (χ4v) is 2.27. The van der Waals surface area contributed by atoms with Crippen LogP contribution in [0, 0.1) is 5.82 Å². The van der Waals surface area contributed by atoms with E-state index < -0.39 is 5.41 Å². The molecule has 2 N–H and O–H groups in total. The number of halogens is 1. The molecule has 1 fully saturated rings. The Labute approximate surface area is 118 Å². The first-order valence-corrected chi connectivity index (χ1v) is 6.93. The van der Waals surface area contributed by atoms with E-state index in [4.69, 9.17) is 4.74 Å². The van der Waals surface area contributed by atoms with Gasteiger partial charge in [0.1, 0.15) is 5.82 Å². The molecule has 4 nitrogen and oxygen atoms in total. The molecule has 0 aliphatic heterocycles. The zero-order valence-corrected chi connectivity index (χ0v) is 11.7. The number of nitrogens with one attached hydrogen (secondary N) is 2. The van der Waals surface area contributed by atoms with Gasteiger partial charge in [0.15, 0.2) is 0 Å². The molecule has 0 heterocycles. The van der Waals surface area contributed by atoms with Crippen molar-refractivity contribution in [3.8, 4) is 0 Å². The minimum absolute atomic E-state index is 0.0395. The summed E-state index contributed by atoms with van der Waals surface area (Å²) < 4.78 is 17.8. The molecule has 0 aromatic heterocycles. The fraction of sp³-hybridized carbons (Fsp3) is 0.533. The van der Waals surface area contributed by atoms with Crippen molar-refractivity contribution in [1.29, 1.82) is 0 Å². The normalized spacial score (nSPS) is 15.9. The summed E-state index contributed by atoms with van der Waals surface area (Å²) in [6.45, 7) is 2.74. The number of hydrogen-bond acceptors (Lipinski definition) is 3. The van der Waals surface area contributed by atoms with Gasteiger partial charge in [0.25, 0.3) is 0 Å². The second kappa shape index (κ2) is 6.81. The molecule has 0 atom stereocenters. The molecule has 0 saturated heterocycles. The van der Waals surface area contributed by atoms with Gasteiger partial charge in [-0.25, -0.2) is 4.39 Å². The smallest absolute Gasteiger partial charge is 0.230 e. The highest BCUT2D eigenvalue weighted by Gasteiger charge is 2.50. The van der Waals surface area contributed by atoms with Crippen molar-refractivity contribution in [3.05, 3.63) is 35.6 Å². The highest BCUT2D eigenvalue weighted by atomic mass is 19.1. The van der Waals surface area contributed by atoms with Crippen LogP contribution >= 0.6 is 0 Å². The van der Waals surface area contributed by atoms with E-state index in [2.05, 4.69) is 10.6 Å². The lowest BCUT2D eigenvalue weighted by Gasteiger charge is -2.16. The molecule has 1 aromatic carbocycles. The molecular weight excluding hydrogens is 259 g/mol. The molecule has 1 aliphatic rings. The number of ether oxygens (including phenoxy) is 1. The Morgan fingerprint density at radius 3 is 2.55 bits per heavy atom. The fourth-order valence-electron chi connectivity index (χ4n) is 2.27. The molecule has 1 amide bonds. The lowest BCUT2D eigenvalue weighted by atomic mass is 9.95. The number of amides is 1. The van der Waals surface area contributed by atoms with Crippen LogP contribution in [0.25, 0.3) is 0 Å². The Hall–Kier alpha value is -1.46. The summed E-state index contributed by atoms with van der Waals surface area (Å²) in [7, 11) is 1.66. The molecule has 2 rings (SSSR count). The largest absolute Gasteiger partial charge is 0.383 e. The third kappa shape index (κ3) is 3.55. The van der Waals surface area contributed by atoms with Crippen LogP contribution in [0.2, 0.25) is 0 Å². The summed E-state index contributed by atoms with van der Waals surface area (Å²) in [5.41, 5.74) is 0.476. The number of methoxy groups -OCH3 is 1. The molecule has 0 spiro atoms.